The van der Waals surface area contributed by atoms with Crippen LogP contribution in [0.4, 0.5) is 0 Å². The topological polar surface area (TPSA) is 87.3 Å². The SMILES string of the molecule is O=C(CCC(=O)NNC(=O)c1ccccc1)NCc1ccccc1. The van der Waals surface area contributed by atoms with Crippen molar-refractivity contribution in [1.29, 1.82) is 0 Å². The summed E-state index contributed by atoms with van der Waals surface area (Å²) < 4.78 is 0. The third-order valence-electron chi connectivity index (χ3n) is 3.26. The molecule has 0 saturated carbocycles. The van der Waals surface area contributed by atoms with E-state index in [1.807, 2.05) is 30.3 Å². The molecule has 0 fully saturated rings. The molecule has 2 rings (SSSR count). The van der Waals surface area contributed by atoms with Gasteiger partial charge in [-0.1, -0.05) is 48.5 Å². The van der Waals surface area contributed by atoms with Crippen LogP contribution in [0.1, 0.15) is 28.8 Å². The zero-order chi connectivity index (χ0) is 17.2. The molecule has 0 unspecified atom stereocenters. The Bertz CT molecular complexity index is 687. The molecule has 0 aliphatic heterocycles. The lowest BCUT2D eigenvalue weighted by atomic mass is 10.2. The van der Waals surface area contributed by atoms with Crippen molar-refractivity contribution in [3.8, 4) is 0 Å². The molecule has 0 aromatic heterocycles. The summed E-state index contributed by atoms with van der Waals surface area (Å²) in [5, 5.41) is 2.74. The van der Waals surface area contributed by atoms with Crippen molar-refractivity contribution in [2.75, 3.05) is 0 Å². The molecular formula is C18H19N3O3. The van der Waals surface area contributed by atoms with Crippen molar-refractivity contribution in [3.63, 3.8) is 0 Å². The van der Waals surface area contributed by atoms with Crippen molar-refractivity contribution >= 4 is 17.7 Å². The summed E-state index contributed by atoms with van der Waals surface area (Å²) in [6, 6.07) is 18.0. The standard InChI is InChI=1S/C18H19N3O3/c22-16(19-13-14-7-3-1-4-8-14)11-12-17(23)20-21-18(24)15-9-5-2-6-10-15/h1-10H,11-13H2,(H,19,22)(H,20,23)(H,21,24). The summed E-state index contributed by atoms with van der Waals surface area (Å²) in [6.07, 6.45) is 0.0512. The fraction of sp³-hybridized carbons (Fsp3) is 0.167. The second-order valence-electron chi connectivity index (χ2n) is 5.13. The molecule has 0 heterocycles. The minimum Gasteiger partial charge on any atom is -0.352 e. The Kier molecular flexibility index (Phi) is 6.52. The lowest BCUT2D eigenvalue weighted by Crippen LogP contribution is -2.42. The van der Waals surface area contributed by atoms with Crippen LogP contribution in [0.5, 0.6) is 0 Å². The average Bonchev–Trinajstić information content (AvgIpc) is 2.64. The first-order valence-electron chi connectivity index (χ1n) is 7.60. The highest BCUT2D eigenvalue weighted by Crippen LogP contribution is 1.99. The van der Waals surface area contributed by atoms with Crippen LogP contribution in [0.25, 0.3) is 0 Å². The molecule has 2 aromatic carbocycles. The van der Waals surface area contributed by atoms with Crippen LogP contribution in [0, 0.1) is 0 Å². The molecule has 6 nitrogen and oxygen atoms in total. The summed E-state index contributed by atoms with van der Waals surface area (Å²) in [7, 11) is 0. The first-order valence-corrected chi connectivity index (χ1v) is 7.60. The lowest BCUT2D eigenvalue weighted by molar-refractivity contribution is -0.126. The molecule has 0 spiro atoms. The van der Waals surface area contributed by atoms with E-state index in [-0.39, 0.29) is 18.7 Å². The van der Waals surface area contributed by atoms with Gasteiger partial charge in [-0.15, -0.1) is 0 Å². The summed E-state index contributed by atoms with van der Waals surface area (Å²) in [4.78, 5) is 35.1. The molecule has 0 aliphatic rings. The number of amides is 3. The highest BCUT2D eigenvalue weighted by molar-refractivity contribution is 5.95. The molecular weight excluding hydrogens is 306 g/mol. The Morgan fingerprint density at radius 1 is 0.708 bits per heavy atom. The fourth-order valence-corrected chi connectivity index (χ4v) is 1.96. The first kappa shape index (κ1) is 17.2. The van der Waals surface area contributed by atoms with Gasteiger partial charge in [0.1, 0.15) is 0 Å². The second-order valence-corrected chi connectivity index (χ2v) is 5.13. The molecule has 2 aromatic rings. The van der Waals surface area contributed by atoms with Gasteiger partial charge in [0, 0.05) is 24.9 Å². The van der Waals surface area contributed by atoms with Crippen molar-refractivity contribution in [1.82, 2.24) is 16.2 Å². The van der Waals surface area contributed by atoms with Gasteiger partial charge in [-0.2, -0.15) is 0 Å². The summed E-state index contributed by atoms with van der Waals surface area (Å²) in [6.45, 7) is 0.423. The Hall–Kier alpha value is -3.15. The molecule has 0 bridgehead atoms. The van der Waals surface area contributed by atoms with E-state index < -0.39 is 11.8 Å². The number of hydrogen-bond acceptors (Lipinski definition) is 3. The van der Waals surface area contributed by atoms with Gasteiger partial charge in [0.2, 0.25) is 11.8 Å². The van der Waals surface area contributed by atoms with Crippen LogP contribution >= 0.6 is 0 Å². The summed E-state index contributed by atoms with van der Waals surface area (Å²) >= 11 is 0. The molecule has 0 radical (unpaired) electrons. The van der Waals surface area contributed by atoms with E-state index in [0.717, 1.165) is 5.56 Å². The predicted molar refractivity (Wildman–Crippen MR) is 89.6 cm³/mol. The number of hydrazine groups is 1. The minimum atomic E-state index is -0.422. The van der Waals surface area contributed by atoms with Gasteiger partial charge in [-0.05, 0) is 17.7 Å². The van der Waals surface area contributed by atoms with Gasteiger partial charge in [-0.3, -0.25) is 25.2 Å². The molecule has 6 heteroatoms. The zero-order valence-electron chi connectivity index (χ0n) is 13.1. The maximum atomic E-state index is 11.7. The lowest BCUT2D eigenvalue weighted by Gasteiger charge is -2.08. The quantitative estimate of drug-likeness (QED) is 0.704. The monoisotopic (exact) mass is 325 g/mol. The van der Waals surface area contributed by atoms with Gasteiger partial charge < -0.3 is 5.32 Å². The van der Waals surface area contributed by atoms with E-state index in [0.29, 0.717) is 12.1 Å². The summed E-state index contributed by atoms with van der Waals surface area (Å²) in [5.41, 5.74) is 6.04. The van der Waals surface area contributed by atoms with Crippen molar-refractivity contribution in [3.05, 3.63) is 71.8 Å². The molecule has 0 saturated heterocycles. The van der Waals surface area contributed by atoms with Crippen molar-refractivity contribution in [2.24, 2.45) is 0 Å². The molecule has 3 amide bonds. The Morgan fingerprint density at radius 2 is 1.29 bits per heavy atom. The molecule has 124 valence electrons. The number of rotatable bonds is 6. The first-order chi connectivity index (χ1) is 11.6. The number of nitrogens with one attached hydrogen (secondary N) is 3. The van der Waals surface area contributed by atoms with Crippen LogP contribution < -0.4 is 16.2 Å². The van der Waals surface area contributed by atoms with E-state index in [2.05, 4.69) is 16.2 Å². The van der Waals surface area contributed by atoms with E-state index in [1.165, 1.54) is 0 Å². The number of carbonyl (C=O) groups is 3. The van der Waals surface area contributed by atoms with Crippen molar-refractivity contribution in [2.45, 2.75) is 19.4 Å². The van der Waals surface area contributed by atoms with Gasteiger partial charge in [0.05, 0.1) is 0 Å². The third-order valence-corrected chi connectivity index (χ3v) is 3.26. The molecule has 3 N–H and O–H groups in total. The number of carbonyl (C=O) groups excluding carboxylic acids is 3. The number of hydrogen-bond donors (Lipinski definition) is 3. The Labute approximate surface area is 140 Å². The minimum absolute atomic E-state index is 0.00427. The van der Waals surface area contributed by atoms with E-state index in [9.17, 15) is 14.4 Å². The Balaban J connectivity index is 1.64. The van der Waals surface area contributed by atoms with E-state index >= 15 is 0 Å². The highest BCUT2D eigenvalue weighted by Gasteiger charge is 2.09. The zero-order valence-corrected chi connectivity index (χ0v) is 13.1. The van der Waals surface area contributed by atoms with Gasteiger partial charge in [0.15, 0.2) is 0 Å². The average molecular weight is 325 g/mol. The van der Waals surface area contributed by atoms with Crippen molar-refractivity contribution < 1.29 is 14.4 Å². The molecule has 24 heavy (non-hydrogen) atoms. The van der Waals surface area contributed by atoms with Crippen LogP contribution in [0.2, 0.25) is 0 Å². The molecule has 0 aliphatic carbocycles. The van der Waals surface area contributed by atoms with E-state index in [4.69, 9.17) is 0 Å². The van der Waals surface area contributed by atoms with Gasteiger partial charge >= 0.3 is 0 Å². The molecule has 0 atom stereocenters. The summed E-state index contributed by atoms with van der Waals surface area (Å²) in [5.74, 6) is -1.05. The van der Waals surface area contributed by atoms with Gasteiger partial charge in [0.25, 0.3) is 5.91 Å². The van der Waals surface area contributed by atoms with Gasteiger partial charge in [-0.25, -0.2) is 0 Å². The van der Waals surface area contributed by atoms with Crippen LogP contribution in [0.3, 0.4) is 0 Å². The maximum Gasteiger partial charge on any atom is 0.269 e. The third kappa shape index (κ3) is 5.92. The van der Waals surface area contributed by atoms with Crippen LogP contribution in [-0.2, 0) is 16.1 Å². The van der Waals surface area contributed by atoms with Crippen LogP contribution in [0.15, 0.2) is 60.7 Å². The van der Waals surface area contributed by atoms with Crippen LogP contribution in [-0.4, -0.2) is 17.7 Å². The predicted octanol–water partition coefficient (Wildman–Crippen LogP) is 1.54. The number of benzene rings is 2. The normalized spacial score (nSPS) is 9.83. The maximum absolute atomic E-state index is 11.7. The highest BCUT2D eigenvalue weighted by atomic mass is 16.2. The smallest absolute Gasteiger partial charge is 0.269 e. The fourth-order valence-electron chi connectivity index (χ4n) is 1.96. The van der Waals surface area contributed by atoms with E-state index in [1.54, 1.807) is 30.3 Å². The largest absolute Gasteiger partial charge is 0.352 e. The Morgan fingerprint density at radius 3 is 1.96 bits per heavy atom. The second kappa shape index (κ2) is 9.09.